The van der Waals surface area contributed by atoms with Crippen LogP contribution in [0.3, 0.4) is 0 Å². The Morgan fingerprint density at radius 3 is 1.93 bits per heavy atom. The number of benzene rings is 2. The van der Waals surface area contributed by atoms with Crippen LogP contribution in [0.25, 0.3) is 0 Å². The van der Waals surface area contributed by atoms with Gasteiger partial charge in [0, 0.05) is 15.9 Å². The third-order valence-electron chi connectivity index (χ3n) is 6.85. The molecule has 4 rings (SSSR count). The van der Waals surface area contributed by atoms with E-state index in [9.17, 15) is 24.3 Å². The topological polar surface area (TPSA) is 155 Å². The third kappa shape index (κ3) is 9.17. The van der Waals surface area contributed by atoms with Gasteiger partial charge in [0.2, 0.25) is 0 Å². The molecule has 2 aliphatic heterocycles. The first kappa shape index (κ1) is 36.7. The van der Waals surface area contributed by atoms with Gasteiger partial charge in [-0.1, -0.05) is 64.3 Å². The number of allylic oxidation sites excluding steroid dienone is 2. The Balaban J connectivity index is 0.000000251. The van der Waals surface area contributed by atoms with Crippen LogP contribution in [-0.2, 0) is 19.1 Å². The number of aromatic hydroxyl groups is 1. The average molecular weight is 740 g/mol. The molecule has 4 amide bonds. The summed E-state index contributed by atoms with van der Waals surface area (Å²) in [7, 11) is 0. The second kappa shape index (κ2) is 15.2. The fourth-order valence-electron chi connectivity index (χ4n) is 4.54. The van der Waals surface area contributed by atoms with Gasteiger partial charge in [0.1, 0.15) is 5.60 Å². The van der Waals surface area contributed by atoms with E-state index in [1.54, 1.807) is 34.6 Å². The van der Waals surface area contributed by atoms with Crippen LogP contribution in [0.5, 0.6) is 5.75 Å². The molecule has 0 fully saturated rings. The van der Waals surface area contributed by atoms with Gasteiger partial charge in [0.05, 0.1) is 39.4 Å². The molecule has 0 aliphatic carbocycles. The summed E-state index contributed by atoms with van der Waals surface area (Å²) in [6.45, 7) is 12.3. The van der Waals surface area contributed by atoms with Gasteiger partial charge in [0.15, 0.2) is 5.75 Å². The highest BCUT2D eigenvalue weighted by Crippen LogP contribution is 2.38. The summed E-state index contributed by atoms with van der Waals surface area (Å²) in [6.07, 6.45) is 0.558. The van der Waals surface area contributed by atoms with Crippen molar-refractivity contribution in [1.29, 1.82) is 0 Å². The molecular formula is C32H37BrCl2N4O7. The zero-order valence-electron chi connectivity index (χ0n) is 26.4. The quantitative estimate of drug-likeness (QED) is 0.198. The predicted molar refractivity (Wildman–Crippen MR) is 178 cm³/mol. The number of carbonyl (C=O) groups is 4. The molecule has 0 bridgehead atoms. The Morgan fingerprint density at radius 1 is 0.935 bits per heavy atom. The average Bonchev–Trinajstić information content (AvgIpc) is 2.94. The highest BCUT2D eigenvalue weighted by molar-refractivity contribution is 9.10. The number of hydrogen-bond acceptors (Lipinski definition) is 7. The summed E-state index contributed by atoms with van der Waals surface area (Å²) >= 11 is 15.4. The van der Waals surface area contributed by atoms with Gasteiger partial charge < -0.3 is 35.8 Å². The second-order valence-corrected chi connectivity index (χ2v) is 13.3. The van der Waals surface area contributed by atoms with E-state index in [0.717, 1.165) is 16.5 Å². The highest BCUT2D eigenvalue weighted by Gasteiger charge is 2.35. The van der Waals surface area contributed by atoms with Crippen LogP contribution in [0.1, 0.15) is 78.1 Å². The molecule has 0 saturated heterocycles. The number of ether oxygens (including phenoxy) is 2. The molecule has 2 aromatic rings. The lowest BCUT2D eigenvalue weighted by molar-refractivity contribution is -0.150. The second-order valence-electron chi connectivity index (χ2n) is 11.6. The van der Waals surface area contributed by atoms with Gasteiger partial charge in [-0.3, -0.25) is 0 Å². The molecule has 14 heteroatoms. The SMILES string of the molecule is CC1=C(C(=O)OC(C)(C)C)C(c2cc(Cl)c(O)c(Cl)c2)NC(=O)N1.CCC(C)OC(=O)C1=C(C)NC(=O)NC1c1ccccc1Br. The number of carbonyl (C=O) groups excluding carboxylic acids is 4. The van der Waals surface area contributed by atoms with E-state index in [1.807, 2.05) is 38.1 Å². The summed E-state index contributed by atoms with van der Waals surface area (Å²) in [4.78, 5) is 48.7. The molecule has 11 nitrogen and oxygen atoms in total. The summed E-state index contributed by atoms with van der Waals surface area (Å²) in [5, 5.41) is 20.4. The zero-order chi connectivity index (χ0) is 34.5. The van der Waals surface area contributed by atoms with Gasteiger partial charge in [-0.25, -0.2) is 19.2 Å². The lowest BCUT2D eigenvalue weighted by Gasteiger charge is -2.30. The number of amides is 4. The zero-order valence-corrected chi connectivity index (χ0v) is 29.5. The van der Waals surface area contributed by atoms with Gasteiger partial charge in [-0.05, 0) is 77.3 Å². The van der Waals surface area contributed by atoms with E-state index in [0.29, 0.717) is 22.5 Å². The Bertz CT molecular complexity index is 1580. The van der Waals surface area contributed by atoms with Crippen molar-refractivity contribution in [3.63, 3.8) is 0 Å². The first-order valence-corrected chi connectivity index (χ1v) is 15.9. The van der Waals surface area contributed by atoms with Crippen molar-refractivity contribution in [1.82, 2.24) is 21.3 Å². The smallest absolute Gasteiger partial charge is 0.338 e. The summed E-state index contributed by atoms with van der Waals surface area (Å²) in [5.74, 6) is -1.25. The van der Waals surface area contributed by atoms with Crippen molar-refractivity contribution in [3.05, 3.63) is 84.6 Å². The lowest BCUT2D eigenvalue weighted by atomic mass is 9.95. The molecule has 5 N–H and O–H groups in total. The van der Waals surface area contributed by atoms with Crippen LogP contribution in [0.15, 0.2) is 63.4 Å². The normalized spacial score (nSPS) is 18.7. The molecule has 0 aromatic heterocycles. The Kier molecular flexibility index (Phi) is 12.2. The monoisotopic (exact) mass is 738 g/mol. The molecule has 0 saturated carbocycles. The maximum atomic E-state index is 12.6. The van der Waals surface area contributed by atoms with Gasteiger partial charge >= 0.3 is 24.0 Å². The molecule has 2 aromatic carbocycles. The Labute approximate surface area is 286 Å². The maximum Gasteiger partial charge on any atom is 0.338 e. The molecule has 2 aliphatic rings. The highest BCUT2D eigenvalue weighted by atomic mass is 79.9. The van der Waals surface area contributed by atoms with E-state index < -0.39 is 35.7 Å². The fraction of sp³-hybridized carbons (Fsp3) is 0.375. The summed E-state index contributed by atoms with van der Waals surface area (Å²) in [6, 6.07) is 8.22. The summed E-state index contributed by atoms with van der Waals surface area (Å²) in [5.41, 5.74) is 2.12. The Hall–Kier alpha value is -3.74. The van der Waals surface area contributed by atoms with Crippen LogP contribution in [0, 0.1) is 0 Å². The van der Waals surface area contributed by atoms with Crippen molar-refractivity contribution in [3.8, 4) is 5.75 Å². The van der Waals surface area contributed by atoms with Crippen LogP contribution in [-0.4, -0.2) is 40.8 Å². The van der Waals surface area contributed by atoms with Gasteiger partial charge in [0.25, 0.3) is 0 Å². The molecule has 0 radical (unpaired) electrons. The lowest BCUT2D eigenvalue weighted by Crippen LogP contribution is -2.46. The largest absolute Gasteiger partial charge is 0.505 e. The number of phenolic OH excluding ortho intramolecular Hbond substituents is 1. The van der Waals surface area contributed by atoms with Crippen molar-refractivity contribution >= 4 is 63.1 Å². The van der Waals surface area contributed by atoms with Crippen molar-refractivity contribution in [2.75, 3.05) is 0 Å². The molecule has 0 spiro atoms. The standard InChI is InChI=1S/C16H19BrN2O3.C16H18Cl2N2O4/c1-4-9(2)22-15(20)13-10(3)18-16(21)19-14(13)11-7-5-6-8-12(11)17;1-7-11(14(22)24-16(2,3)4)12(20-15(23)19-7)8-5-9(17)13(21)10(18)6-8/h5-9,14H,4H2,1-3H3,(H2,18,19,21);5-6,12,21H,1-4H3,(H2,19,20,23). The molecule has 46 heavy (non-hydrogen) atoms. The number of halogens is 3. The molecule has 3 atom stereocenters. The number of esters is 2. The first-order chi connectivity index (χ1) is 21.4. The van der Waals surface area contributed by atoms with E-state index in [1.165, 1.54) is 12.1 Å². The minimum absolute atomic E-state index is 0.0199. The van der Waals surface area contributed by atoms with E-state index in [2.05, 4.69) is 37.2 Å². The van der Waals surface area contributed by atoms with E-state index >= 15 is 0 Å². The third-order valence-corrected chi connectivity index (χ3v) is 8.15. The maximum absolute atomic E-state index is 12.6. The van der Waals surface area contributed by atoms with Crippen LogP contribution >= 0.6 is 39.1 Å². The number of nitrogens with one attached hydrogen (secondary N) is 4. The molecule has 3 unspecified atom stereocenters. The van der Waals surface area contributed by atoms with Crippen LogP contribution < -0.4 is 21.3 Å². The fourth-order valence-corrected chi connectivity index (χ4v) is 5.55. The molecule has 248 valence electrons. The molecule has 2 heterocycles. The predicted octanol–water partition coefficient (Wildman–Crippen LogP) is 7.09. The number of urea groups is 2. The van der Waals surface area contributed by atoms with Crippen molar-refractivity contribution < 1.29 is 33.8 Å². The van der Waals surface area contributed by atoms with Gasteiger partial charge in [-0.2, -0.15) is 0 Å². The molecular weight excluding hydrogens is 703 g/mol. The van der Waals surface area contributed by atoms with Gasteiger partial charge in [-0.15, -0.1) is 0 Å². The van der Waals surface area contributed by atoms with Crippen molar-refractivity contribution in [2.45, 2.75) is 78.7 Å². The van der Waals surface area contributed by atoms with Crippen LogP contribution in [0.2, 0.25) is 10.0 Å². The Morgan fingerprint density at radius 2 is 1.43 bits per heavy atom. The minimum Gasteiger partial charge on any atom is -0.505 e. The van der Waals surface area contributed by atoms with E-state index in [4.69, 9.17) is 32.7 Å². The van der Waals surface area contributed by atoms with Crippen molar-refractivity contribution in [2.24, 2.45) is 0 Å². The first-order valence-electron chi connectivity index (χ1n) is 14.4. The van der Waals surface area contributed by atoms with Crippen LogP contribution in [0.4, 0.5) is 9.59 Å². The number of hydrogen-bond donors (Lipinski definition) is 5. The van der Waals surface area contributed by atoms with E-state index in [-0.39, 0.29) is 33.5 Å². The number of rotatable bonds is 6. The minimum atomic E-state index is -0.802. The summed E-state index contributed by atoms with van der Waals surface area (Å²) < 4.78 is 11.7. The number of phenols is 1.